The summed E-state index contributed by atoms with van der Waals surface area (Å²) >= 11 is 5.71. The van der Waals surface area contributed by atoms with Crippen LogP contribution >= 0.6 is 11.6 Å². The fraction of sp³-hybridized carbons (Fsp3) is 0.250. The van der Waals surface area contributed by atoms with Gasteiger partial charge in [-0.1, -0.05) is 17.7 Å². The summed E-state index contributed by atoms with van der Waals surface area (Å²) in [5, 5.41) is 3.14. The summed E-state index contributed by atoms with van der Waals surface area (Å²) in [6, 6.07) is 6.59. The van der Waals surface area contributed by atoms with E-state index in [1.165, 1.54) is 12.3 Å². The van der Waals surface area contributed by atoms with Gasteiger partial charge in [-0.05, 0) is 30.7 Å². The van der Waals surface area contributed by atoms with Gasteiger partial charge < -0.3 is 24.5 Å². The Morgan fingerprint density at radius 3 is 2.88 bits per heavy atom. The van der Waals surface area contributed by atoms with Crippen molar-refractivity contribution >= 4 is 23.5 Å². The molecule has 0 radical (unpaired) electrons. The Labute approximate surface area is 142 Å². The molecule has 2 aromatic rings. The third-order valence-corrected chi connectivity index (χ3v) is 3.69. The Hall–Kier alpha value is -2.67. The summed E-state index contributed by atoms with van der Waals surface area (Å²) in [7, 11) is 0. The number of aromatic amines is 1. The van der Waals surface area contributed by atoms with Crippen LogP contribution in [0.5, 0.6) is 11.5 Å². The number of aromatic nitrogens is 1. The molecule has 0 spiro atoms. The highest BCUT2D eigenvalue weighted by Crippen LogP contribution is 2.34. The standard InChI is InChI=1S/C16H15ClN2O5/c1-9(10-2-3-13-14(4-10)24-8-23-13)19-15(20)7-22-16(21)12-5-11(17)6-18-12/h2-6,9,18H,7-8H2,1H3,(H,19,20). The molecule has 1 amide bonds. The topological polar surface area (TPSA) is 89.7 Å². The minimum atomic E-state index is -0.646. The molecule has 24 heavy (non-hydrogen) atoms. The Balaban J connectivity index is 1.52. The maximum absolute atomic E-state index is 11.9. The lowest BCUT2D eigenvalue weighted by molar-refractivity contribution is -0.124. The van der Waals surface area contributed by atoms with Gasteiger partial charge >= 0.3 is 5.97 Å². The van der Waals surface area contributed by atoms with Gasteiger partial charge in [-0.25, -0.2) is 4.79 Å². The monoisotopic (exact) mass is 350 g/mol. The Morgan fingerprint density at radius 2 is 2.12 bits per heavy atom. The van der Waals surface area contributed by atoms with Gasteiger partial charge in [-0.2, -0.15) is 0 Å². The molecule has 2 N–H and O–H groups in total. The molecular weight excluding hydrogens is 336 g/mol. The summed E-state index contributed by atoms with van der Waals surface area (Å²) in [6.07, 6.45) is 1.46. The van der Waals surface area contributed by atoms with Gasteiger partial charge in [0.1, 0.15) is 5.69 Å². The summed E-state index contributed by atoms with van der Waals surface area (Å²) in [5.74, 6) is 0.262. The molecule has 1 aliphatic rings. The molecule has 2 heterocycles. The number of halogens is 1. The molecule has 1 aliphatic heterocycles. The van der Waals surface area contributed by atoms with Crippen molar-refractivity contribution in [2.75, 3.05) is 13.4 Å². The van der Waals surface area contributed by atoms with Gasteiger partial charge in [0.2, 0.25) is 6.79 Å². The van der Waals surface area contributed by atoms with Gasteiger partial charge in [-0.3, -0.25) is 4.79 Å². The molecule has 0 aliphatic carbocycles. The lowest BCUT2D eigenvalue weighted by Crippen LogP contribution is -2.31. The first-order chi connectivity index (χ1) is 11.5. The van der Waals surface area contributed by atoms with Crippen LogP contribution in [0, 0.1) is 0 Å². The largest absolute Gasteiger partial charge is 0.454 e. The van der Waals surface area contributed by atoms with E-state index in [0.717, 1.165) is 5.56 Å². The van der Waals surface area contributed by atoms with Gasteiger partial charge in [0, 0.05) is 6.20 Å². The van der Waals surface area contributed by atoms with Crippen molar-refractivity contribution in [3.8, 4) is 11.5 Å². The van der Waals surface area contributed by atoms with E-state index in [0.29, 0.717) is 16.5 Å². The number of benzene rings is 1. The van der Waals surface area contributed by atoms with E-state index in [-0.39, 0.29) is 25.1 Å². The quantitative estimate of drug-likeness (QED) is 0.808. The lowest BCUT2D eigenvalue weighted by atomic mass is 10.1. The molecule has 8 heteroatoms. The number of esters is 1. The van der Waals surface area contributed by atoms with Crippen LogP contribution < -0.4 is 14.8 Å². The first-order valence-electron chi connectivity index (χ1n) is 7.23. The number of hydrogen-bond acceptors (Lipinski definition) is 5. The van der Waals surface area contributed by atoms with Crippen LogP contribution in [-0.4, -0.2) is 30.3 Å². The van der Waals surface area contributed by atoms with Crippen LogP contribution in [0.4, 0.5) is 0 Å². The number of H-pyrrole nitrogens is 1. The first-order valence-corrected chi connectivity index (χ1v) is 7.60. The molecule has 0 bridgehead atoms. The number of hydrogen-bond donors (Lipinski definition) is 2. The smallest absolute Gasteiger partial charge is 0.355 e. The third-order valence-electron chi connectivity index (χ3n) is 3.48. The van der Waals surface area contributed by atoms with Crippen molar-refractivity contribution in [3.63, 3.8) is 0 Å². The van der Waals surface area contributed by atoms with E-state index in [1.54, 1.807) is 12.1 Å². The molecule has 1 aromatic carbocycles. The van der Waals surface area contributed by atoms with Crippen molar-refractivity contribution < 1.29 is 23.8 Å². The molecule has 1 aromatic heterocycles. The SMILES string of the molecule is CC(NC(=O)COC(=O)c1cc(Cl)c[nH]1)c1ccc2c(c1)OCO2. The first kappa shape index (κ1) is 16.2. The molecule has 3 rings (SSSR count). The predicted molar refractivity (Wildman–Crippen MR) is 85.2 cm³/mol. The molecule has 0 saturated carbocycles. The molecule has 0 fully saturated rings. The van der Waals surface area contributed by atoms with Crippen molar-refractivity contribution in [2.45, 2.75) is 13.0 Å². The van der Waals surface area contributed by atoms with E-state index < -0.39 is 11.9 Å². The maximum Gasteiger partial charge on any atom is 0.355 e. The molecule has 1 unspecified atom stereocenters. The van der Waals surface area contributed by atoms with E-state index >= 15 is 0 Å². The van der Waals surface area contributed by atoms with Crippen LogP contribution in [0.2, 0.25) is 5.02 Å². The van der Waals surface area contributed by atoms with E-state index in [9.17, 15) is 9.59 Å². The Morgan fingerprint density at radius 1 is 1.33 bits per heavy atom. The summed E-state index contributed by atoms with van der Waals surface area (Å²) in [4.78, 5) is 26.3. The second-order valence-electron chi connectivity index (χ2n) is 5.21. The van der Waals surface area contributed by atoms with Crippen molar-refractivity contribution in [1.82, 2.24) is 10.3 Å². The minimum absolute atomic E-state index is 0.191. The second kappa shape index (κ2) is 6.84. The zero-order valence-corrected chi connectivity index (χ0v) is 13.6. The number of fused-ring (bicyclic) bond motifs is 1. The highest BCUT2D eigenvalue weighted by atomic mass is 35.5. The van der Waals surface area contributed by atoms with Crippen molar-refractivity contribution in [2.24, 2.45) is 0 Å². The number of rotatable bonds is 5. The third kappa shape index (κ3) is 3.62. The maximum atomic E-state index is 11.9. The van der Waals surface area contributed by atoms with Crippen LogP contribution in [0.25, 0.3) is 0 Å². The average Bonchev–Trinajstić information content (AvgIpc) is 3.20. The zero-order chi connectivity index (χ0) is 17.1. The van der Waals surface area contributed by atoms with Crippen LogP contribution in [0.3, 0.4) is 0 Å². The second-order valence-corrected chi connectivity index (χ2v) is 5.65. The molecular formula is C16H15ClN2O5. The highest BCUT2D eigenvalue weighted by Gasteiger charge is 2.18. The number of amides is 1. The molecule has 1 atom stereocenters. The summed E-state index contributed by atoms with van der Waals surface area (Å²) in [6.45, 7) is 1.63. The fourth-order valence-electron chi connectivity index (χ4n) is 2.24. The average molecular weight is 351 g/mol. The van der Waals surface area contributed by atoms with Crippen LogP contribution in [0.15, 0.2) is 30.5 Å². The Kier molecular flexibility index (Phi) is 4.61. The summed E-state index contributed by atoms with van der Waals surface area (Å²) < 4.78 is 15.5. The van der Waals surface area contributed by atoms with Crippen molar-refractivity contribution in [3.05, 3.63) is 46.7 Å². The van der Waals surface area contributed by atoms with Gasteiger partial charge in [0.25, 0.3) is 5.91 Å². The van der Waals surface area contributed by atoms with Crippen molar-refractivity contribution in [1.29, 1.82) is 0 Å². The normalized spacial score (nSPS) is 13.4. The fourth-order valence-corrected chi connectivity index (χ4v) is 2.41. The Bertz CT molecular complexity index is 774. The lowest BCUT2D eigenvalue weighted by Gasteiger charge is -2.14. The number of nitrogens with one attached hydrogen (secondary N) is 2. The van der Waals surface area contributed by atoms with E-state index in [1.807, 2.05) is 13.0 Å². The number of ether oxygens (including phenoxy) is 3. The molecule has 0 saturated heterocycles. The zero-order valence-electron chi connectivity index (χ0n) is 12.8. The number of carbonyl (C=O) groups is 2. The number of carbonyl (C=O) groups excluding carboxylic acids is 2. The van der Waals surface area contributed by atoms with E-state index in [4.69, 9.17) is 25.8 Å². The minimum Gasteiger partial charge on any atom is -0.454 e. The van der Waals surface area contributed by atoms with Crippen LogP contribution in [0.1, 0.15) is 29.0 Å². The highest BCUT2D eigenvalue weighted by molar-refractivity contribution is 6.30. The molecule has 126 valence electrons. The van der Waals surface area contributed by atoms with Gasteiger partial charge in [0.15, 0.2) is 18.1 Å². The van der Waals surface area contributed by atoms with Gasteiger partial charge in [-0.15, -0.1) is 0 Å². The predicted octanol–water partition coefficient (Wildman–Crippen LogP) is 2.43. The van der Waals surface area contributed by atoms with E-state index in [2.05, 4.69) is 10.3 Å². The van der Waals surface area contributed by atoms with Gasteiger partial charge in [0.05, 0.1) is 11.1 Å². The molecule has 7 nitrogen and oxygen atoms in total. The van der Waals surface area contributed by atoms with Crippen LogP contribution in [-0.2, 0) is 9.53 Å². The summed E-state index contributed by atoms with van der Waals surface area (Å²) in [5.41, 5.74) is 1.05.